The molecule has 116 valence electrons. The molecule has 1 aliphatic heterocycles. The first-order chi connectivity index (χ1) is 9.53. The van der Waals surface area contributed by atoms with Crippen molar-refractivity contribution in [3.8, 4) is 0 Å². The zero-order valence-electron chi connectivity index (χ0n) is 13.1. The lowest BCUT2D eigenvalue weighted by atomic mass is 9.91. The van der Waals surface area contributed by atoms with Crippen molar-refractivity contribution in [3.63, 3.8) is 0 Å². The highest BCUT2D eigenvalue weighted by atomic mass is 16.4. The fourth-order valence-corrected chi connectivity index (χ4v) is 3.49. The molecular formula is C15H29N3O2. The van der Waals surface area contributed by atoms with Crippen molar-refractivity contribution in [3.05, 3.63) is 0 Å². The molecule has 0 radical (unpaired) electrons. The van der Waals surface area contributed by atoms with Gasteiger partial charge in [0.25, 0.3) is 0 Å². The highest BCUT2D eigenvalue weighted by molar-refractivity contribution is 5.80. The van der Waals surface area contributed by atoms with E-state index in [9.17, 15) is 9.90 Å². The Balaban J connectivity index is 2.06. The van der Waals surface area contributed by atoms with Gasteiger partial charge in [0.2, 0.25) is 0 Å². The van der Waals surface area contributed by atoms with Gasteiger partial charge >= 0.3 is 5.97 Å². The lowest BCUT2D eigenvalue weighted by Crippen LogP contribution is -2.63. The topological polar surface area (TPSA) is 55.8 Å². The van der Waals surface area contributed by atoms with Gasteiger partial charge in [-0.25, -0.2) is 0 Å². The van der Waals surface area contributed by atoms with Gasteiger partial charge in [0, 0.05) is 32.2 Å². The van der Waals surface area contributed by atoms with Crippen molar-refractivity contribution in [2.75, 3.05) is 39.8 Å². The Morgan fingerprint density at radius 2 is 2.05 bits per heavy atom. The SMILES string of the molecule is CCNC(CN1CCN(C)C(CC)C1)(C(=O)O)C1CC1. The number of nitrogens with zero attached hydrogens (tertiary/aromatic N) is 2. The maximum Gasteiger partial charge on any atom is 0.325 e. The number of carboxylic acids is 1. The number of rotatable bonds is 7. The number of piperazine rings is 1. The molecule has 1 aliphatic carbocycles. The molecule has 1 heterocycles. The largest absolute Gasteiger partial charge is 0.480 e. The second-order valence-electron chi connectivity index (χ2n) is 6.36. The molecule has 1 saturated carbocycles. The quantitative estimate of drug-likeness (QED) is 0.726. The predicted octanol–water partition coefficient (Wildman–Crippen LogP) is 0.855. The van der Waals surface area contributed by atoms with Crippen molar-refractivity contribution in [1.29, 1.82) is 0 Å². The van der Waals surface area contributed by atoms with Crippen LogP contribution in [0.5, 0.6) is 0 Å². The van der Waals surface area contributed by atoms with Crippen LogP contribution in [0.3, 0.4) is 0 Å². The number of hydrogen-bond donors (Lipinski definition) is 2. The van der Waals surface area contributed by atoms with Crippen molar-refractivity contribution >= 4 is 5.97 Å². The predicted molar refractivity (Wildman–Crippen MR) is 79.9 cm³/mol. The van der Waals surface area contributed by atoms with Crippen molar-refractivity contribution in [1.82, 2.24) is 15.1 Å². The molecule has 2 atom stereocenters. The third-order valence-electron chi connectivity index (χ3n) is 4.95. The van der Waals surface area contributed by atoms with Gasteiger partial charge in [-0.05, 0) is 38.8 Å². The zero-order valence-corrected chi connectivity index (χ0v) is 13.1. The first kappa shape index (κ1) is 15.7. The molecule has 2 aliphatic rings. The number of carboxylic acid groups (broad SMARTS) is 1. The summed E-state index contributed by atoms with van der Waals surface area (Å²) >= 11 is 0. The number of hydrogen-bond acceptors (Lipinski definition) is 4. The Labute approximate surface area is 122 Å². The van der Waals surface area contributed by atoms with Gasteiger partial charge in [0.05, 0.1) is 0 Å². The summed E-state index contributed by atoms with van der Waals surface area (Å²) in [5, 5.41) is 13.1. The highest BCUT2D eigenvalue weighted by Crippen LogP contribution is 2.40. The number of carbonyl (C=O) groups is 1. The molecule has 0 bridgehead atoms. The Morgan fingerprint density at radius 1 is 1.35 bits per heavy atom. The Hall–Kier alpha value is -0.650. The van der Waals surface area contributed by atoms with E-state index in [1.54, 1.807) is 0 Å². The van der Waals surface area contributed by atoms with E-state index in [1.807, 2.05) is 6.92 Å². The third kappa shape index (κ3) is 3.15. The van der Waals surface area contributed by atoms with E-state index >= 15 is 0 Å². The molecule has 0 aromatic rings. The molecule has 0 aromatic carbocycles. The van der Waals surface area contributed by atoms with E-state index in [0.29, 0.717) is 25.0 Å². The maximum atomic E-state index is 11.9. The monoisotopic (exact) mass is 283 g/mol. The van der Waals surface area contributed by atoms with Gasteiger partial charge in [-0.15, -0.1) is 0 Å². The molecule has 2 unspecified atom stereocenters. The minimum Gasteiger partial charge on any atom is -0.480 e. The van der Waals surface area contributed by atoms with Crippen molar-refractivity contribution in [2.24, 2.45) is 5.92 Å². The fraction of sp³-hybridized carbons (Fsp3) is 0.933. The van der Waals surface area contributed by atoms with Crippen LogP contribution in [0.2, 0.25) is 0 Å². The van der Waals surface area contributed by atoms with E-state index in [4.69, 9.17) is 0 Å². The van der Waals surface area contributed by atoms with Crippen LogP contribution < -0.4 is 5.32 Å². The number of nitrogens with one attached hydrogen (secondary N) is 1. The minimum absolute atomic E-state index is 0.305. The van der Waals surface area contributed by atoms with Crippen LogP contribution >= 0.6 is 0 Å². The highest BCUT2D eigenvalue weighted by Gasteiger charge is 2.51. The zero-order chi connectivity index (χ0) is 14.8. The number of likely N-dealkylation sites (N-methyl/N-ethyl adjacent to an activating group) is 2. The van der Waals surface area contributed by atoms with Gasteiger partial charge in [0.1, 0.15) is 5.54 Å². The summed E-state index contributed by atoms with van der Waals surface area (Å²) < 4.78 is 0. The third-order valence-corrected chi connectivity index (χ3v) is 4.95. The Kier molecular flexibility index (Phi) is 5.04. The average Bonchev–Trinajstić information content (AvgIpc) is 3.24. The first-order valence-electron chi connectivity index (χ1n) is 7.94. The maximum absolute atomic E-state index is 11.9. The summed E-state index contributed by atoms with van der Waals surface area (Å²) in [5.74, 6) is -0.367. The number of aliphatic carboxylic acids is 1. The molecule has 5 heteroatoms. The summed E-state index contributed by atoms with van der Waals surface area (Å²) in [6, 6.07) is 0.552. The lowest BCUT2D eigenvalue weighted by Gasteiger charge is -2.43. The van der Waals surface area contributed by atoms with E-state index in [2.05, 4.69) is 29.1 Å². The summed E-state index contributed by atoms with van der Waals surface area (Å²) in [7, 11) is 2.17. The second kappa shape index (κ2) is 6.41. The Bertz CT molecular complexity index is 346. The van der Waals surface area contributed by atoms with Crippen LogP contribution in [-0.4, -0.2) is 72.2 Å². The smallest absolute Gasteiger partial charge is 0.325 e. The fourth-order valence-electron chi connectivity index (χ4n) is 3.49. The standard InChI is InChI=1S/C15H29N3O2/c1-4-13-10-18(9-8-17(13)3)11-15(14(19)20,16-5-2)12-6-7-12/h12-13,16H,4-11H2,1-3H3,(H,19,20). The first-order valence-corrected chi connectivity index (χ1v) is 7.94. The van der Waals surface area contributed by atoms with Crippen LogP contribution in [0.1, 0.15) is 33.1 Å². The van der Waals surface area contributed by atoms with E-state index < -0.39 is 11.5 Å². The molecule has 1 saturated heterocycles. The summed E-state index contributed by atoms with van der Waals surface area (Å²) in [6.45, 7) is 8.56. The molecule has 5 nitrogen and oxygen atoms in total. The second-order valence-corrected chi connectivity index (χ2v) is 6.36. The van der Waals surface area contributed by atoms with Gasteiger partial charge in [-0.1, -0.05) is 13.8 Å². The summed E-state index contributed by atoms with van der Waals surface area (Å²) in [6.07, 6.45) is 3.21. The van der Waals surface area contributed by atoms with E-state index in [-0.39, 0.29) is 0 Å². The normalized spacial score (nSPS) is 28.2. The Morgan fingerprint density at radius 3 is 2.55 bits per heavy atom. The molecule has 20 heavy (non-hydrogen) atoms. The van der Waals surface area contributed by atoms with Crippen LogP contribution in [0, 0.1) is 5.92 Å². The van der Waals surface area contributed by atoms with E-state index in [1.165, 1.54) is 0 Å². The minimum atomic E-state index is -0.733. The summed E-state index contributed by atoms with van der Waals surface area (Å²) in [5.41, 5.74) is -0.733. The van der Waals surface area contributed by atoms with Gasteiger partial charge in [0.15, 0.2) is 0 Å². The van der Waals surface area contributed by atoms with Crippen LogP contribution in [-0.2, 0) is 4.79 Å². The summed E-state index contributed by atoms with van der Waals surface area (Å²) in [4.78, 5) is 16.6. The van der Waals surface area contributed by atoms with Gasteiger partial charge in [-0.3, -0.25) is 9.69 Å². The van der Waals surface area contributed by atoms with Gasteiger partial charge < -0.3 is 15.3 Å². The molecule has 0 aromatic heterocycles. The molecule has 2 fully saturated rings. The van der Waals surface area contributed by atoms with Crippen LogP contribution in [0.4, 0.5) is 0 Å². The lowest BCUT2D eigenvalue weighted by molar-refractivity contribution is -0.147. The molecular weight excluding hydrogens is 254 g/mol. The van der Waals surface area contributed by atoms with Crippen LogP contribution in [0.25, 0.3) is 0 Å². The molecule has 2 N–H and O–H groups in total. The average molecular weight is 283 g/mol. The molecule has 2 rings (SSSR count). The van der Waals surface area contributed by atoms with Crippen molar-refractivity contribution in [2.45, 2.75) is 44.7 Å². The molecule has 0 spiro atoms. The van der Waals surface area contributed by atoms with E-state index in [0.717, 1.165) is 38.9 Å². The van der Waals surface area contributed by atoms with Gasteiger partial charge in [-0.2, -0.15) is 0 Å². The van der Waals surface area contributed by atoms with Crippen molar-refractivity contribution < 1.29 is 9.90 Å². The van der Waals surface area contributed by atoms with Crippen LogP contribution in [0.15, 0.2) is 0 Å². The molecule has 0 amide bonds.